The third-order valence-electron chi connectivity index (χ3n) is 3.13. The van der Waals surface area contributed by atoms with Gasteiger partial charge in [0, 0.05) is 13.0 Å². The van der Waals surface area contributed by atoms with E-state index in [1.165, 1.54) is 6.26 Å². The number of amides is 2. The van der Waals surface area contributed by atoms with Gasteiger partial charge in [0.1, 0.15) is 11.8 Å². The Hall–Kier alpha value is -2.02. The van der Waals surface area contributed by atoms with Crippen LogP contribution in [0.4, 0.5) is 4.79 Å². The van der Waals surface area contributed by atoms with Crippen molar-refractivity contribution >= 4 is 12.0 Å². The molecule has 1 aromatic rings. The number of hydrogen-bond acceptors (Lipinski definition) is 4. The van der Waals surface area contributed by atoms with Crippen LogP contribution >= 0.6 is 0 Å². The summed E-state index contributed by atoms with van der Waals surface area (Å²) in [4.78, 5) is 24.2. The van der Waals surface area contributed by atoms with Crippen LogP contribution in [0.5, 0.6) is 0 Å². The Balaban J connectivity index is 2.01. The molecule has 0 aliphatic carbocycles. The van der Waals surface area contributed by atoms with Gasteiger partial charge in [0.05, 0.1) is 18.4 Å². The van der Waals surface area contributed by atoms with E-state index < -0.39 is 24.1 Å². The van der Waals surface area contributed by atoms with Gasteiger partial charge in [-0.15, -0.1) is 0 Å². The molecule has 0 aromatic carbocycles. The molecule has 19 heavy (non-hydrogen) atoms. The van der Waals surface area contributed by atoms with Crippen LogP contribution in [0.3, 0.4) is 0 Å². The van der Waals surface area contributed by atoms with Crippen LogP contribution in [-0.2, 0) is 4.79 Å². The SMILES string of the molecule is CC(NC(=O)N1CC(O)CC1C(=O)O)c1ccco1. The highest BCUT2D eigenvalue weighted by molar-refractivity contribution is 5.83. The lowest BCUT2D eigenvalue weighted by Gasteiger charge is -2.23. The largest absolute Gasteiger partial charge is 0.480 e. The molecule has 1 fully saturated rings. The fourth-order valence-corrected chi connectivity index (χ4v) is 2.15. The first kappa shape index (κ1) is 13.4. The molecular formula is C12H16N2O5. The highest BCUT2D eigenvalue weighted by atomic mass is 16.4. The van der Waals surface area contributed by atoms with E-state index in [4.69, 9.17) is 9.52 Å². The molecule has 0 saturated carbocycles. The Labute approximate surface area is 109 Å². The maximum Gasteiger partial charge on any atom is 0.326 e. The van der Waals surface area contributed by atoms with Crippen molar-refractivity contribution in [1.29, 1.82) is 0 Å². The molecular weight excluding hydrogens is 252 g/mol. The second-order valence-corrected chi connectivity index (χ2v) is 4.58. The van der Waals surface area contributed by atoms with Gasteiger partial charge < -0.3 is 24.8 Å². The molecule has 3 unspecified atom stereocenters. The number of likely N-dealkylation sites (tertiary alicyclic amines) is 1. The third-order valence-corrected chi connectivity index (χ3v) is 3.13. The van der Waals surface area contributed by atoms with Crippen molar-refractivity contribution in [3.8, 4) is 0 Å². The Morgan fingerprint density at radius 3 is 2.89 bits per heavy atom. The molecule has 1 aliphatic heterocycles. The molecule has 7 heteroatoms. The van der Waals surface area contributed by atoms with Crippen LogP contribution < -0.4 is 5.32 Å². The number of β-amino-alcohol motifs (C(OH)–C–C–N with tert-alkyl or cyclic N) is 1. The zero-order valence-corrected chi connectivity index (χ0v) is 10.4. The number of furan rings is 1. The number of carboxylic acid groups (broad SMARTS) is 1. The summed E-state index contributed by atoms with van der Waals surface area (Å²) in [7, 11) is 0. The van der Waals surface area contributed by atoms with Crippen molar-refractivity contribution in [2.75, 3.05) is 6.54 Å². The smallest absolute Gasteiger partial charge is 0.326 e. The Morgan fingerprint density at radius 1 is 1.58 bits per heavy atom. The number of hydrogen-bond donors (Lipinski definition) is 3. The van der Waals surface area contributed by atoms with Gasteiger partial charge in [-0.2, -0.15) is 0 Å². The molecule has 0 bridgehead atoms. The summed E-state index contributed by atoms with van der Waals surface area (Å²) in [6.45, 7) is 1.76. The number of nitrogens with one attached hydrogen (secondary N) is 1. The quantitative estimate of drug-likeness (QED) is 0.743. The maximum atomic E-state index is 12.0. The van der Waals surface area contributed by atoms with Gasteiger partial charge in [-0.05, 0) is 19.1 Å². The van der Waals surface area contributed by atoms with Gasteiger partial charge in [0.2, 0.25) is 0 Å². The van der Waals surface area contributed by atoms with Crippen LogP contribution in [0.25, 0.3) is 0 Å². The average molecular weight is 268 g/mol. The predicted octanol–water partition coefficient (Wildman–Crippen LogP) is 0.570. The van der Waals surface area contributed by atoms with E-state index in [-0.39, 0.29) is 19.0 Å². The summed E-state index contributed by atoms with van der Waals surface area (Å²) in [6, 6.07) is 1.55. The number of urea groups is 1. The summed E-state index contributed by atoms with van der Waals surface area (Å²) in [5, 5.41) is 21.1. The van der Waals surface area contributed by atoms with E-state index in [2.05, 4.69) is 5.32 Å². The average Bonchev–Trinajstić information content (AvgIpc) is 2.96. The molecule has 2 heterocycles. The highest BCUT2D eigenvalue weighted by Crippen LogP contribution is 2.20. The molecule has 1 aromatic heterocycles. The molecule has 0 radical (unpaired) electrons. The second-order valence-electron chi connectivity index (χ2n) is 4.58. The van der Waals surface area contributed by atoms with Gasteiger partial charge in [0.25, 0.3) is 0 Å². The molecule has 1 aliphatic rings. The number of carboxylic acids is 1. The number of carbonyl (C=O) groups excluding carboxylic acids is 1. The van der Waals surface area contributed by atoms with E-state index in [0.717, 1.165) is 4.90 Å². The number of aliphatic carboxylic acids is 1. The van der Waals surface area contributed by atoms with Crippen LogP contribution in [0.1, 0.15) is 25.1 Å². The lowest BCUT2D eigenvalue weighted by molar-refractivity contribution is -0.141. The topological polar surface area (TPSA) is 103 Å². The highest BCUT2D eigenvalue weighted by Gasteiger charge is 2.39. The number of nitrogens with zero attached hydrogens (tertiary/aromatic N) is 1. The Kier molecular flexibility index (Phi) is 3.75. The number of aliphatic hydroxyl groups excluding tert-OH is 1. The summed E-state index contributed by atoms with van der Waals surface area (Å²) in [6.07, 6.45) is 0.751. The molecule has 2 rings (SSSR count). The van der Waals surface area contributed by atoms with Crippen LogP contribution in [0.2, 0.25) is 0 Å². The molecule has 7 nitrogen and oxygen atoms in total. The zero-order valence-electron chi connectivity index (χ0n) is 10.4. The van der Waals surface area contributed by atoms with Crippen LogP contribution in [0.15, 0.2) is 22.8 Å². The van der Waals surface area contributed by atoms with Crippen molar-refractivity contribution in [3.63, 3.8) is 0 Å². The van der Waals surface area contributed by atoms with Crippen LogP contribution in [-0.4, -0.2) is 45.8 Å². The van der Waals surface area contributed by atoms with E-state index in [0.29, 0.717) is 5.76 Å². The monoisotopic (exact) mass is 268 g/mol. The van der Waals surface area contributed by atoms with Crippen molar-refractivity contribution in [2.24, 2.45) is 0 Å². The fraction of sp³-hybridized carbons (Fsp3) is 0.500. The number of aliphatic hydroxyl groups is 1. The van der Waals surface area contributed by atoms with E-state index in [1.807, 2.05) is 0 Å². The Bertz CT molecular complexity index is 459. The minimum atomic E-state index is -1.11. The normalized spacial score (nSPS) is 24.2. The van der Waals surface area contributed by atoms with Gasteiger partial charge in [0.15, 0.2) is 0 Å². The lowest BCUT2D eigenvalue weighted by Crippen LogP contribution is -2.46. The van der Waals surface area contributed by atoms with E-state index in [1.54, 1.807) is 19.1 Å². The van der Waals surface area contributed by atoms with Gasteiger partial charge in [-0.25, -0.2) is 9.59 Å². The molecule has 3 N–H and O–H groups in total. The van der Waals surface area contributed by atoms with Crippen molar-refractivity contribution in [2.45, 2.75) is 31.5 Å². The second kappa shape index (κ2) is 5.31. The minimum Gasteiger partial charge on any atom is -0.480 e. The summed E-state index contributed by atoms with van der Waals surface area (Å²) >= 11 is 0. The molecule has 3 atom stereocenters. The standard InChI is InChI=1S/C12H16N2O5/c1-7(10-3-2-4-19-10)13-12(18)14-6-8(15)5-9(14)11(16)17/h2-4,7-9,15H,5-6H2,1H3,(H,13,18)(H,16,17). The number of rotatable bonds is 3. The molecule has 104 valence electrons. The fourth-order valence-electron chi connectivity index (χ4n) is 2.15. The number of carbonyl (C=O) groups is 2. The van der Waals surface area contributed by atoms with Crippen LogP contribution in [0, 0.1) is 0 Å². The van der Waals surface area contributed by atoms with Gasteiger partial charge in [-0.1, -0.05) is 0 Å². The third kappa shape index (κ3) is 2.87. The first-order valence-corrected chi connectivity index (χ1v) is 6.00. The van der Waals surface area contributed by atoms with Crippen molar-refractivity contribution in [1.82, 2.24) is 10.2 Å². The molecule has 0 spiro atoms. The Morgan fingerprint density at radius 2 is 2.32 bits per heavy atom. The minimum absolute atomic E-state index is 0.0215. The van der Waals surface area contributed by atoms with E-state index >= 15 is 0 Å². The predicted molar refractivity (Wildman–Crippen MR) is 64.4 cm³/mol. The van der Waals surface area contributed by atoms with Crippen molar-refractivity contribution < 1.29 is 24.2 Å². The summed E-state index contributed by atoms with van der Waals surface area (Å²) in [5.74, 6) is -0.530. The maximum absolute atomic E-state index is 12.0. The summed E-state index contributed by atoms with van der Waals surface area (Å²) < 4.78 is 5.16. The van der Waals surface area contributed by atoms with Gasteiger partial charge >= 0.3 is 12.0 Å². The molecule has 1 saturated heterocycles. The van der Waals surface area contributed by atoms with Crippen molar-refractivity contribution in [3.05, 3.63) is 24.2 Å². The summed E-state index contributed by atoms with van der Waals surface area (Å²) in [5.41, 5.74) is 0. The first-order chi connectivity index (χ1) is 8.99. The first-order valence-electron chi connectivity index (χ1n) is 6.00. The zero-order chi connectivity index (χ0) is 14.0. The lowest BCUT2D eigenvalue weighted by atomic mass is 10.2. The molecule has 2 amide bonds. The van der Waals surface area contributed by atoms with E-state index in [9.17, 15) is 14.7 Å². The van der Waals surface area contributed by atoms with Gasteiger partial charge in [-0.3, -0.25) is 0 Å².